The number of hydrogen-bond donors (Lipinski definition) is 0. The maximum Gasteiger partial charge on any atom is 0.329 e. The molecule has 0 amide bonds. The van der Waals surface area contributed by atoms with E-state index in [0.717, 1.165) is 16.0 Å². The highest BCUT2D eigenvalue weighted by Crippen LogP contribution is 2.20. The van der Waals surface area contributed by atoms with Crippen LogP contribution < -0.4 is 0 Å². The van der Waals surface area contributed by atoms with Crippen LogP contribution in [0.3, 0.4) is 0 Å². The van der Waals surface area contributed by atoms with E-state index >= 15 is 0 Å². The molecule has 0 unspecified atom stereocenters. The molecule has 0 bridgehead atoms. The molecule has 1 heterocycles. The van der Waals surface area contributed by atoms with Crippen LogP contribution in [0.5, 0.6) is 0 Å². The van der Waals surface area contributed by atoms with Crippen molar-refractivity contribution in [3.8, 4) is 0 Å². The van der Waals surface area contributed by atoms with E-state index in [2.05, 4.69) is 4.99 Å². The second-order valence-electron chi connectivity index (χ2n) is 4.24. The molecule has 0 atom stereocenters. The predicted molar refractivity (Wildman–Crippen MR) is 61.4 cm³/mol. The van der Waals surface area contributed by atoms with Gasteiger partial charge in [-0.05, 0) is 31.0 Å². The van der Waals surface area contributed by atoms with E-state index < -0.39 is 5.54 Å². The zero-order valence-electron chi connectivity index (χ0n) is 9.19. The van der Waals surface area contributed by atoms with Gasteiger partial charge in [-0.2, -0.15) is 0 Å². The van der Waals surface area contributed by atoms with Crippen molar-refractivity contribution >= 4 is 11.5 Å². The average molecular weight is 202 g/mol. The summed E-state index contributed by atoms with van der Waals surface area (Å²) in [5.74, 6) is 0.512. The van der Waals surface area contributed by atoms with Gasteiger partial charge in [-0.3, -0.25) is 4.74 Å². The van der Waals surface area contributed by atoms with Crippen LogP contribution in [0, 0.1) is 5.21 Å². The van der Waals surface area contributed by atoms with Gasteiger partial charge in [0.05, 0.1) is 5.56 Å². The van der Waals surface area contributed by atoms with Crippen LogP contribution in [0.4, 0.5) is 0 Å². The number of hydrogen-bond acceptors (Lipinski definition) is 2. The minimum atomic E-state index is -0.523. The van der Waals surface area contributed by atoms with Crippen LogP contribution in [0.15, 0.2) is 35.3 Å². The lowest BCUT2D eigenvalue weighted by Crippen LogP contribution is -2.37. The van der Waals surface area contributed by atoms with E-state index in [1.54, 1.807) is 0 Å². The fourth-order valence-corrected chi connectivity index (χ4v) is 1.52. The highest BCUT2D eigenvalue weighted by atomic mass is 16.5. The number of aliphatic imine (C=N–C) groups is 1. The molecule has 0 aromatic heterocycles. The SMILES string of the molecule is CC1=NC(c2ccccc2)=[N+]([O-])C1(C)C. The molecule has 15 heavy (non-hydrogen) atoms. The summed E-state index contributed by atoms with van der Waals surface area (Å²) >= 11 is 0. The Morgan fingerprint density at radius 3 is 2.27 bits per heavy atom. The second-order valence-corrected chi connectivity index (χ2v) is 4.24. The van der Waals surface area contributed by atoms with Crippen molar-refractivity contribution in [2.75, 3.05) is 0 Å². The van der Waals surface area contributed by atoms with Crippen LogP contribution in [0.1, 0.15) is 26.3 Å². The minimum absolute atomic E-state index is 0.512. The maximum absolute atomic E-state index is 12.0. The van der Waals surface area contributed by atoms with Gasteiger partial charge in [-0.1, -0.05) is 18.2 Å². The molecular weight excluding hydrogens is 188 g/mol. The molecular formula is C12H14N2O. The lowest BCUT2D eigenvalue weighted by atomic mass is 10.0. The van der Waals surface area contributed by atoms with Crippen molar-refractivity contribution in [3.63, 3.8) is 0 Å². The molecule has 0 fully saturated rings. The van der Waals surface area contributed by atoms with Gasteiger partial charge >= 0.3 is 5.84 Å². The third-order valence-corrected chi connectivity index (χ3v) is 2.89. The van der Waals surface area contributed by atoms with Crippen LogP contribution >= 0.6 is 0 Å². The summed E-state index contributed by atoms with van der Waals surface area (Å²) in [5.41, 5.74) is 1.21. The largest absolute Gasteiger partial charge is 0.714 e. The van der Waals surface area contributed by atoms with E-state index in [1.165, 1.54) is 0 Å². The van der Waals surface area contributed by atoms with Gasteiger partial charge < -0.3 is 5.21 Å². The quantitative estimate of drug-likeness (QED) is 0.508. The lowest BCUT2D eigenvalue weighted by molar-refractivity contribution is -0.513. The molecule has 1 aliphatic rings. The Hall–Kier alpha value is -1.64. The first-order chi connectivity index (χ1) is 7.03. The Morgan fingerprint density at radius 1 is 1.20 bits per heavy atom. The summed E-state index contributed by atoms with van der Waals surface area (Å²) in [6.45, 7) is 5.66. The van der Waals surface area contributed by atoms with Gasteiger partial charge in [-0.15, -0.1) is 0 Å². The first kappa shape index (κ1) is 9.90. The van der Waals surface area contributed by atoms with Gasteiger partial charge in [0, 0.05) is 6.92 Å². The summed E-state index contributed by atoms with van der Waals surface area (Å²) in [4.78, 5) is 4.34. The number of amidine groups is 1. The molecule has 3 nitrogen and oxygen atoms in total. The average Bonchev–Trinajstić information content (AvgIpc) is 2.44. The molecule has 0 N–H and O–H groups in total. The zero-order valence-corrected chi connectivity index (χ0v) is 9.19. The Labute approximate surface area is 89.4 Å². The predicted octanol–water partition coefficient (Wildman–Crippen LogP) is 2.20. The summed E-state index contributed by atoms with van der Waals surface area (Å²) in [6.07, 6.45) is 0. The molecule has 3 heteroatoms. The van der Waals surface area contributed by atoms with Gasteiger partial charge in [0.15, 0.2) is 11.3 Å². The molecule has 1 aliphatic heterocycles. The van der Waals surface area contributed by atoms with E-state index in [9.17, 15) is 5.21 Å². The first-order valence-electron chi connectivity index (χ1n) is 4.99. The van der Waals surface area contributed by atoms with Gasteiger partial charge in [0.25, 0.3) is 0 Å². The number of rotatable bonds is 1. The van der Waals surface area contributed by atoms with Crippen molar-refractivity contribution in [1.29, 1.82) is 0 Å². The highest BCUT2D eigenvalue weighted by molar-refractivity contribution is 6.09. The Balaban J connectivity index is 2.53. The van der Waals surface area contributed by atoms with E-state index in [0.29, 0.717) is 5.84 Å². The standard InChI is InChI=1S/C12H14N2O/c1-9-12(2,3)14(15)11(13-9)10-7-5-4-6-8-10/h4-8H,1-3H3. The number of benzene rings is 1. The Kier molecular flexibility index (Phi) is 2.11. The fourth-order valence-electron chi connectivity index (χ4n) is 1.52. The smallest absolute Gasteiger partial charge is 0.329 e. The van der Waals surface area contributed by atoms with E-state index in [1.807, 2.05) is 51.1 Å². The second kappa shape index (κ2) is 3.19. The van der Waals surface area contributed by atoms with Crippen molar-refractivity contribution in [3.05, 3.63) is 41.1 Å². The summed E-state index contributed by atoms with van der Waals surface area (Å²) in [5, 5.41) is 12.0. The summed E-state index contributed by atoms with van der Waals surface area (Å²) < 4.78 is 0.984. The number of hydroxylamine groups is 1. The topological polar surface area (TPSA) is 38.4 Å². The normalized spacial score (nSPS) is 19.3. The van der Waals surface area contributed by atoms with Crippen molar-refractivity contribution in [2.45, 2.75) is 26.3 Å². The molecule has 1 aromatic carbocycles. The molecule has 0 radical (unpaired) electrons. The number of nitrogens with zero attached hydrogens (tertiary/aromatic N) is 2. The third-order valence-electron chi connectivity index (χ3n) is 2.89. The van der Waals surface area contributed by atoms with Crippen molar-refractivity contribution in [2.24, 2.45) is 4.99 Å². The van der Waals surface area contributed by atoms with E-state index in [4.69, 9.17) is 0 Å². The maximum atomic E-state index is 12.0. The van der Waals surface area contributed by atoms with Crippen LogP contribution in [0.2, 0.25) is 0 Å². The summed E-state index contributed by atoms with van der Waals surface area (Å²) in [7, 11) is 0. The van der Waals surface area contributed by atoms with Gasteiger partial charge in [-0.25, -0.2) is 0 Å². The molecule has 0 saturated carbocycles. The van der Waals surface area contributed by atoms with Crippen molar-refractivity contribution < 1.29 is 4.74 Å². The zero-order chi connectivity index (χ0) is 11.1. The Bertz CT molecular complexity index is 444. The molecule has 2 rings (SSSR count). The molecule has 1 aromatic rings. The first-order valence-corrected chi connectivity index (χ1v) is 4.99. The lowest BCUT2D eigenvalue weighted by Gasteiger charge is -2.22. The van der Waals surface area contributed by atoms with Crippen LogP contribution in [-0.2, 0) is 0 Å². The molecule has 0 aliphatic carbocycles. The molecule has 0 saturated heterocycles. The molecule has 78 valence electrons. The fraction of sp³-hybridized carbons (Fsp3) is 0.333. The van der Waals surface area contributed by atoms with Gasteiger partial charge in [0.1, 0.15) is 0 Å². The van der Waals surface area contributed by atoms with Crippen LogP contribution in [0.25, 0.3) is 0 Å². The van der Waals surface area contributed by atoms with Crippen molar-refractivity contribution in [1.82, 2.24) is 0 Å². The monoisotopic (exact) mass is 202 g/mol. The minimum Gasteiger partial charge on any atom is -0.714 e. The van der Waals surface area contributed by atoms with Crippen LogP contribution in [-0.4, -0.2) is 21.8 Å². The molecule has 0 spiro atoms. The van der Waals surface area contributed by atoms with E-state index in [-0.39, 0.29) is 0 Å². The summed E-state index contributed by atoms with van der Waals surface area (Å²) in [6, 6.07) is 9.55. The Morgan fingerprint density at radius 2 is 1.80 bits per heavy atom. The van der Waals surface area contributed by atoms with Gasteiger partial charge in [0.2, 0.25) is 0 Å². The third kappa shape index (κ3) is 1.44. The highest BCUT2D eigenvalue weighted by Gasteiger charge is 2.39.